The summed E-state index contributed by atoms with van der Waals surface area (Å²) >= 11 is 0. The molecule has 4 rings (SSSR count). The lowest BCUT2D eigenvalue weighted by Crippen LogP contribution is -2.31. The van der Waals surface area contributed by atoms with Gasteiger partial charge >= 0.3 is 0 Å². The number of fused-ring (bicyclic) bond motifs is 1. The van der Waals surface area contributed by atoms with E-state index in [1.165, 1.54) is 0 Å². The first kappa shape index (κ1) is 15.2. The zero-order valence-corrected chi connectivity index (χ0v) is 13.8. The Labute approximate surface area is 142 Å². The molecule has 1 saturated carbocycles. The average Bonchev–Trinajstić information content (AvgIpc) is 3.29. The minimum absolute atomic E-state index is 0.263. The molecule has 0 bridgehead atoms. The summed E-state index contributed by atoms with van der Waals surface area (Å²) in [6, 6.07) is 10.0. The van der Waals surface area contributed by atoms with Crippen molar-refractivity contribution < 1.29 is 9.53 Å². The summed E-state index contributed by atoms with van der Waals surface area (Å²) in [7, 11) is 0. The zero-order valence-electron chi connectivity index (χ0n) is 13.8. The SMILES string of the molecule is O=C(CCn1ccnc1)N1C[C@H]2CC(Oc3ccccc3)C[C@H]2C1. The van der Waals surface area contributed by atoms with E-state index in [9.17, 15) is 4.79 Å². The van der Waals surface area contributed by atoms with Gasteiger partial charge in [-0.15, -0.1) is 0 Å². The summed E-state index contributed by atoms with van der Waals surface area (Å²) in [5.41, 5.74) is 0. The second kappa shape index (κ2) is 6.67. The molecule has 2 heterocycles. The van der Waals surface area contributed by atoms with Gasteiger partial charge in [0.15, 0.2) is 0 Å². The van der Waals surface area contributed by atoms with Gasteiger partial charge in [-0.1, -0.05) is 18.2 Å². The number of carbonyl (C=O) groups excluding carboxylic acids is 1. The molecule has 1 aromatic carbocycles. The Hall–Kier alpha value is -2.30. The Kier molecular flexibility index (Phi) is 4.24. The van der Waals surface area contributed by atoms with E-state index in [-0.39, 0.29) is 5.91 Å². The molecule has 24 heavy (non-hydrogen) atoms. The van der Waals surface area contributed by atoms with Crippen molar-refractivity contribution in [2.45, 2.75) is 31.9 Å². The van der Waals surface area contributed by atoms with Gasteiger partial charge in [-0.3, -0.25) is 4.79 Å². The van der Waals surface area contributed by atoms with Crippen LogP contribution in [-0.2, 0) is 11.3 Å². The molecule has 1 aliphatic carbocycles. The van der Waals surface area contributed by atoms with Crippen LogP contribution in [0.2, 0.25) is 0 Å². The predicted octanol–water partition coefficient (Wildman–Crippen LogP) is 2.59. The van der Waals surface area contributed by atoms with Gasteiger partial charge in [-0.2, -0.15) is 0 Å². The number of para-hydroxylation sites is 1. The number of imidazole rings is 1. The molecule has 1 amide bonds. The number of hydrogen-bond acceptors (Lipinski definition) is 3. The van der Waals surface area contributed by atoms with Gasteiger partial charge in [-0.05, 0) is 36.8 Å². The molecule has 2 aliphatic rings. The first-order chi connectivity index (χ1) is 11.8. The number of ether oxygens (including phenoxy) is 1. The van der Waals surface area contributed by atoms with Gasteiger partial charge in [0, 0.05) is 38.4 Å². The minimum atomic E-state index is 0.263. The highest BCUT2D eigenvalue weighted by Gasteiger charge is 2.43. The molecule has 1 saturated heterocycles. The highest BCUT2D eigenvalue weighted by molar-refractivity contribution is 5.76. The van der Waals surface area contributed by atoms with Crippen LogP contribution < -0.4 is 4.74 Å². The van der Waals surface area contributed by atoms with Gasteiger partial charge in [0.05, 0.1) is 12.4 Å². The van der Waals surface area contributed by atoms with Gasteiger partial charge in [0.25, 0.3) is 0 Å². The molecule has 0 N–H and O–H groups in total. The van der Waals surface area contributed by atoms with Crippen molar-refractivity contribution in [3.63, 3.8) is 0 Å². The van der Waals surface area contributed by atoms with Gasteiger partial charge < -0.3 is 14.2 Å². The summed E-state index contributed by atoms with van der Waals surface area (Å²) in [4.78, 5) is 18.5. The van der Waals surface area contributed by atoms with Crippen molar-refractivity contribution in [2.24, 2.45) is 11.8 Å². The number of carbonyl (C=O) groups is 1. The van der Waals surface area contributed by atoms with Crippen LogP contribution in [0.25, 0.3) is 0 Å². The predicted molar refractivity (Wildman–Crippen MR) is 90.5 cm³/mol. The fraction of sp³-hybridized carbons (Fsp3) is 0.474. The van der Waals surface area contributed by atoms with E-state index in [4.69, 9.17) is 4.74 Å². The van der Waals surface area contributed by atoms with Gasteiger partial charge in [-0.25, -0.2) is 4.98 Å². The quantitative estimate of drug-likeness (QED) is 0.849. The van der Waals surface area contributed by atoms with Crippen LogP contribution in [0.15, 0.2) is 49.1 Å². The van der Waals surface area contributed by atoms with Crippen LogP contribution in [0.3, 0.4) is 0 Å². The van der Waals surface area contributed by atoms with Crippen molar-refractivity contribution in [1.29, 1.82) is 0 Å². The minimum Gasteiger partial charge on any atom is -0.490 e. The Morgan fingerprint density at radius 3 is 2.58 bits per heavy atom. The highest BCUT2D eigenvalue weighted by atomic mass is 16.5. The maximum atomic E-state index is 12.4. The van der Waals surface area contributed by atoms with Crippen molar-refractivity contribution in [1.82, 2.24) is 14.5 Å². The number of rotatable bonds is 5. The lowest BCUT2D eigenvalue weighted by Gasteiger charge is -2.20. The molecule has 1 aliphatic heterocycles. The standard InChI is InChI=1S/C19H23N3O2/c23-19(6-8-21-9-7-20-14-21)22-12-15-10-18(11-16(15)13-22)24-17-4-2-1-3-5-17/h1-5,7,9,14-16,18H,6,8,10-13H2/t15-,16+,18?. The third-order valence-electron chi connectivity index (χ3n) is 5.25. The van der Waals surface area contributed by atoms with E-state index >= 15 is 0 Å². The summed E-state index contributed by atoms with van der Waals surface area (Å²) < 4.78 is 8.05. The van der Waals surface area contributed by atoms with Crippen molar-refractivity contribution in [3.8, 4) is 5.75 Å². The van der Waals surface area contributed by atoms with Crippen molar-refractivity contribution in [2.75, 3.05) is 13.1 Å². The Morgan fingerprint density at radius 1 is 1.17 bits per heavy atom. The molecular weight excluding hydrogens is 302 g/mol. The molecule has 1 aromatic heterocycles. The van der Waals surface area contributed by atoms with E-state index in [1.54, 1.807) is 12.5 Å². The lowest BCUT2D eigenvalue weighted by molar-refractivity contribution is -0.130. The number of amides is 1. The second-order valence-corrected chi connectivity index (χ2v) is 6.89. The van der Waals surface area contributed by atoms with E-state index in [0.717, 1.165) is 31.7 Å². The van der Waals surface area contributed by atoms with E-state index < -0.39 is 0 Å². The van der Waals surface area contributed by atoms with E-state index in [2.05, 4.69) is 4.98 Å². The number of likely N-dealkylation sites (tertiary alicyclic amines) is 1. The normalized spacial score (nSPS) is 25.7. The van der Waals surface area contributed by atoms with Crippen LogP contribution in [-0.4, -0.2) is 39.6 Å². The summed E-state index contributed by atoms with van der Waals surface area (Å²) in [5.74, 6) is 2.40. The molecule has 2 aromatic rings. The Morgan fingerprint density at radius 2 is 1.92 bits per heavy atom. The van der Waals surface area contributed by atoms with Gasteiger partial charge in [0.1, 0.15) is 5.75 Å². The molecule has 2 fully saturated rings. The van der Waals surface area contributed by atoms with Crippen LogP contribution in [0.4, 0.5) is 0 Å². The second-order valence-electron chi connectivity index (χ2n) is 6.89. The lowest BCUT2D eigenvalue weighted by atomic mass is 10.0. The fourth-order valence-corrected chi connectivity index (χ4v) is 4.04. The fourth-order valence-electron chi connectivity index (χ4n) is 4.04. The summed E-state index contributed by atoms with van der Waals surface area (Å²) in [6.45, 7) is 2.49. The summed E-state index contributed by atoms with van der Waals surface area (Å²) in [5, 5.41) is 0. The van der Waals surface area contributed by atoms with E-state index in [0.29, 0.717) is 30.9 Å². The third-order valence-corrected chi connectivity index (χ3v) is 5.25. The topological polar surface area (TPSA) is 47.4 Å². The summed E-state index contributed by atoms with van der Waals surface area (Å²) in [6.07, 6.45) is 8.38. The van der Waals surface area contributed by atoms with Crippen molar-refractivity contribution >= 4 is 5.91 Å². The van der Waals surface area contributed by atoms with Crippen LogP contribution in [0.1, 0.15) is 19.3 Å². The molecular formula is C19H23N3O2. The maximum Gasteiger partial charge on any atom is 0.224 e. The first-order valence-electron chi connectivity index (χ1n) is 8.73. The number of benzene rings is 1. The smallest absolute Gasteiger partial charge is 0.224 e. The van der Waals surface area contributed by atoms with E-state index in [1.807, 2.05) is 46.0 Å². The largest absolute Gasteiger partial charge is 0.490 e. The Balaban J connectivity index is 1.26. The van der Waals surface area contributed by atoms with Gasteiger partial charge in [0.2, 0.25) is 5.91 Å². The Bertz CT molecular complexity index is 657. The average molecular weight is 325 g/mol. The number of hydrogen-bond donors (Lipinski definition) is 0. The molecule has 0 radical (unpaired) electrons. The monoisotopic (exact) mass is 325 g/mol. The zero-order chi connectivity index (χ0) is 16.4. The van der Waals surface area contributed by atoms with Crippen LogP contribution in [0.5, 0.6) is 5.75 Å². The molecule has 5 nitrogen and oxygen atoms in total. The molecule has 0 spiro atoms. The molecule has 3 atom stereocenters. The number of nitrogens with zero attached hydrogens (tertiary/aromatic N) is 3. The highest BCUT2D eigenvalue weighted by Crippen LogP contribution is 2.39. The van der Waals surface area contributed by atoms with Crippen molar-refractivity contribution in [3.05, 3.63) is 49.1 Å². The van der Waals surface area contributed by atoms with Crippen LogP contribution >= 0.6 is 0 Å². The first-order valence-corrected chi connectivity index (χ1v) is 8.73. The number of aromatic nitrogens is 2. The maximum absolute atomic E-state index is 12.4. The molecule has 1 unspecified atom stereocenters. The van der Waals surface area contributed by atoms with Crippen LogP contribution in [0, 0.1) is 11.8 Å². The molecule has 5 heteroatoms. The number of aryl methyl sites for hydroxylation is 1. The molecule has 126 valence electrons. The third kappa shape index (κ3) is 3.30.